The Bertz CT molecular complexity index is 528. The number of amides is 2. The molecule has 3 N–H and O–H groups in total. The Morgan fingerprint density at radius 2 is 2.45 bits per heavy atom. The van der Waals surface area contributed by atoms with E-state index in [-0.39, 0.29) is 23.6 Å². The molecule has 0 spiro atoms. The number of rotatable bonds is 4. The maximum atomic E-state index is 13.4. The number of halogens is 2. The number of hydrogen-bond donors (Lipinski definition) is 2. The van der Waals surface area contributed by atoms with Crippen LogP contribution in [0.2, 0.25) is 0 Å². The Balaban J connectivity index is 1.96. The van der Waals surface area contributed by atoms with E-state index in [0.29, 0.717) is 17.3 Å². The minimum Gasteiger partial charge on any atom is -0.332 e. The van der Waals surface area contributed by atoms with Gasteiger partial charge in [-0.05, 0) is 25.1 Å². The zero-order chi connectivity index (χ0) is 14.5. The quantitative estimate of drug-likeness (QED) is 0.893. The fraction of sp³-hybridized carbons (Fsp3) is 0.333. The molecule has 0 saturated carbocycles. The number of hydrogen-bond acceptors (Lipinski definition) is 4. The highest BCUT2D eigenvalue weighted by Crippen LogP contribution is 2.36. The van der Waals surface area contributed by atoms with Gasteiger partial charge in [0.2, 0.25) is 0 Å². The van der Waals surface area contributed by atoms with Gasteiger partial charge in [0, 0.05) is 12.4 Å². The molecule has 5 nitrogen and oxygen atoms in total. The normalized spacial score (nSPS) is 18.1. The molecule has 20 heavy (non-hydrogen) atoms. The van der Waals surface area contributed by atoms with Crippen LogP contribution in [0.3, 0.4) is 0 Å². The van der Waals surface area contributed by atoms with Crippen LogP contribution in [0.1, 0.15) is 12.1 Å². The third kappa shape index (κ3) is 3.62. The van der Waals surface area contributed by atoms with Crippen molar-refractivity contribution in [2.24, 2.45) is 5.73 Å². The molecule has 0 radical (unpaired) electrons. The number of thioether (sulfide) groups is 1. The van der Waals surface area contributed by atoms with Crippen LogP contribution in [0.4, 0.5) is 9.18 Å². The highest BCUT2D eigenvalue weighted by Gasteiger charge is 2.28. The van der Waals surface area contributed by atoms with Crippen molar-refractivity contribution in [1.29, 1.82) is 0 Å². The molecule has 1 aromatic rings. The third-order valence-electron chi connectivity index (χ3n) is 2.69. The highest BCUT2D eigenvalue weighted by molar-refractivity contribution is 8.05. The summed E-state index contributed by atoms with van der Waals surface area (Å²) in [5.41, 5.74) is 5.70. The zero-order valence-corrected chi connectivity index (χ0v) is 12.1. The number of pyridine rings is 1. The molecule has 2 heterocycles. The molecule has 1 unspecified atom stereocenters. The van der Waals surface area contributed by atoms with Crippen LogP contribution in [0.25, 0.3) is 0 Å². The molecule has 1 aromatic heterocycles. The van der Waals surface area contributed by atoms with Gasteiger partial charge in [-0.25, -0.2) is 9.18 Å². The van der Waals surface area contributed by atoms with E-state index in [1.807, 2.05) is 0 Å². The SMILES string of the molecule is NCCC1SC(Cl)=CN1C(=O)NCc1ncccc1F. The number of urea groups is 1. The topological polar surface area (TPSA) is 71.2 Å². The second kappa shape index (κ2) is 6.92. The standard InChI is InChI=1S/C12H14ClFN4OS/c13-10-7-18(11(20-10)3-4-15)12(19)17-6-9-8(14)2-1-5-16-9/h1-2,5,7,11H,3-4,6,15H2,(H,17,19). The van der Waals surface area contributed by atoms with Gasteiger partial charge in [0.05, 0.1) is 22.0 Å². The monoisotopic (exact) mass is 316 g/mol. The molecule has 0 bridgehead atoms. The smallest absolute Gasteiger partial charge is 0.322 e. The van der Waals surface area contributed by atoms with Crippen LogP contribution in [-0.2, 0) is 6.54 Å². The van der Waals surface area contributed by atoms with E-state index in [1.165, 1.54) is 35.0 Å². The summed E-state index contributed by atoms with van der Waals surface area (Å²) in [6, 6.07) is 2.45. The van der Waals surface area contributed by atoms with E-state index in [1.54, 1.807) is 6.20 Å². The van der Waals surface area contributed by atoms with Crippen molar-refractivity contribution < 1.29 is 9.18 Å². The molecule has 2 amide bonds. The van der Waals surface area contributed by atoms with Gasteiger partial charge in [-0.2, -0.15) is 0 Å². The van der Waals surface area contributed by atoms with Crippen LogP contribution in [0.15, 0.2) is 28.9 Å². The molecule has 0 aromatic carbocycles. The average Bonchev–Trinajstić information content (AvgIpc) is 2.79. The van der Waals surface area contributed by atoms with E-state index < -0.39 is 5.82 Å². The summed E-state index contributed by atoms with van der Waals surface area (Å²) in [4.78, 5) is 17.4. The lowest BCUT2D eigenvalue weighted by molar-refractivity contribution is 0.211. The summed E-state index contributed by atoms with van der Waals surface area (Å²) in [7, 11) is 0. The molecule has 1 aliphatic heterocycles. The van der Waals surface area contributed by atoms with E-state index in [2.05, 4.69) is 10.3 Å². The third-order valence-corrected chi connectivity index (χ3v) is 4.12. The molecular formula is C12H14ClFN4OS. The summed E-state index contributed by atoms with van der Waals surface area (Å²) in [6.07, 6.45) is 3.66. The van der Waals surface area contributed by atoms with Crippen LogP contribution >= 0.6 is 23.4 Å². The van der Waals surface area contributed by atoms with Gasteiger partial charge in [-0.1, -0.05) is 23.4 Å². The molecule has 8 heteroatoms. The van der Waals surface area contributed by atoms with Gasteiger partial charge in [0.25, 0.3) is 0 Å². The van der Waals surface area contributed by atoms with Gasteiger partial charge in [0.15, 0.2) is 0 Å². The lowest BCUT2D eigenvalue weighted by atomic mass is 10.3. The van der Waals surface area contributed by atoms with Crippen molar-refractivity contribution in [3.05, 3.63) is 40.4 Å². The maximum absolute atomic E-state index is 13.4. The largest absolute Gasteiger partial charge is 0.332 e. The van der Waals surface area contributed by atoms with E-state index in [4.69, 9.17) is 17.3 Å². The number of aromatic nitrogens is 1. The van der Waals surface area contributed by atoms with Crippen molar-refractivity contribution in [2.75, 3.05) is 6.54 Å². The van der Waals surface area contributed by atoms with Crippen LogP contribution in [-0.4, -0.2) is 27.8 Å². The average molecular weight is 317 g/mol. The Kier molecular flexibility index (Phi) is 5.22. The van der Waals surface area contributed by atoms with Crippen LogP contribution in [0, 0.1) is 5.82 Å². The summed E-state index contributed by atoms with van der Waals surface area (Å²) >= 11 is 7.29. The summed E-state index contributed by atoms with van der Waals surface area (Å²) in [5, 5.41) is 2.49. The fourth-order valence-electron chi connectivity index (χ4n) is 1.74. The Morgan fingerprint density at radius 3 is 3.15 bits per heavy atom. The van der Waals surface area contributed by atoms with Crippen molar-refractivity contribution >= 4 is 29.4 Å². The predicted molar refractivity (Wildman–Crippen MR) is 77.3 cm³/mol. The first-order valence-electron chi connectivity index (χ1n) is 6.01. The van der Waals surface area contributed by atoms with Crippen molar-refractivity contribution in [2.45, 2.75) is 18.3 Å². The molecule has 1 atom stereocenters. The van der Waals surface area contributed by atoms with Crippen molar-refractivity contribution in [1.82, 2.24) is 15.2 Å². The van der Waals surface area contributed by atoms with Gasteiger partial charge >= 0.3 is 6.03 Å². The summed E-state index contributed by atoms with van der Waals surface area (Å²) in [5.74, 6) is -0.448. The van der Waals surface area contributed by atoms with Gasteiger partial charge in [-0.3, -0.25) is 9.88 Å². The molecule has 0 fully saturated rings. The van der Waals surface area contributed by atoms with Gasteiger partial charge < -0.3 is 11.1 Å². The minimum absolute atomic E-state index is 0.0213. The van der Waals surface area contributed by atoms with Crippen LogP contribution < -0.4 is 11.1 Å². The maximum Gasteiger partial charge on any atom is 0.322 e. The Hall–Kier alpha value is -1.31. The van der Waals surface area contributed by atoms with E-state index in [0.717, 1.165) is 0 Å². The lowest BCUT2D eigenvalue weighted by Gasteiger charge is -2.22. The first kappa shape index (κ1) is 15.1. The summed E-state index contributed by atoms with van der Waals surface area (Å²) in [6.45, 7) is 0.474. The predicted octanol–water partition coefficient (Wildman–Crippen LogP) is 2.19. The number of nitrogens with one attached hydrogen (secondary N) is 1. The van der Waals surface area contributed by atoms with Crippen LogP contribution in [0.5, 0.6) is 0 Å². The molecule has 1 aliphatic rings. The molecular weight excluding hydrogens is 303 g/mol. The highest BCUT2D eigenvalue weighted by atomic mass is 35.5. The lowest BCUT2D eigenvalue weighted by Crippen LogP contribution is -2.40. The number of carbonyl (C=O) groups excluding carboxylic acids is 1. The fourth-order valence-corrected chi connectivity index (χ4v) is 3.11. The van der Waals surface area contributed by atoms with Gasteiger partial charge in [-0.15, -0.1) is 0 Å². The second-order valence-corrected chi connectivity index (χ2v) is 5.93. The molecule has 2 rings (SSSR count). The number of nitrogens with zero attached hydrogens (tertiary/aromatic N) is 2. The van der Waals surface area contributed by atoms with Crippen molar-refractivity contribution in [3.8, 4) is 0 Å². The van der Waals surface area contributed by atoms with E-state index in [9.17, 15) is 9.18 Å². The van der Waals surface area contributed by atoms with Crippen molar-refractivity contribution in [3.63, 3.8) is 0 Å². The Labute approximate surface area is 125 Å². The zero-order valence-electron chi connectivity index (χ0n) is 10.6. The van der Waals surface area contributed by atoms with Gasteiger partial charge in [0.1, 0.15) is 5.82 Å². The van der Waals surface area contributed by atoms with E-state index >= 15 is 0 Å². The molecule has 0 aliphatic carbocycles. The first-order valence-corrected chi connectivity index (χ1v) is 7.27. The second-order valence-electron chi connectivity index (χ2n) is 4.08. The summed E-state index contributed by atoms with van der Waals surface area (Å²) < 4.78 is 13.9. The molecule has 108 valence electrons. The number of carbonyl (C=O) groups is 1. The first-order chi connectivity index (χ1) is 9.61. The Morgan fingerprint density at radius 1 is 1.65 bits per heavy atom. The minimum atomic E-state index is -0.448. The molecule has 0 saturated heterocycles. The number of nitrogens with two attached hydrogens (primary N) is 1.